The first-order valence-electron chi connectivity index (χ1n) is 5.85. The Morgan fingerprint density at radius 1 is 1.00 bits per heavy atom. The number of β-amino-alcohol motifs (C(OH)–C–C–N with tert-alkyl or cyclic N) is 1. The molecule has 1 saturated heterocycles. The highest BCUT2D eigenvalue weighted by Crippen LogP contribution is 2.05. The number of aliphatic hydroxyl groups is 2. The largest absolute Gasteiger partial charge is 0.396 e. The number of hydrogen-bond donors (Lipinski definition) is 2. The van der Waals surface area contributed by atoms with Gasteiger partial charge in [0.15, 0.2) is 0 Å². The summed E-state index contributed by atoms with van der Waals surface area (Å²) < 4.78 is 0. The van der Waals surface area contributed by atoms with E-state index >= 15 is 0 Å². The normalized spacial score (nSPS) is 24.0. The van der Waals surface area contributed by atoms with Gasteiger partial charge in [-0.1, -0.05) is 6.92 Å². The number of piperazine rings is 1. The zero-order valence-electron chi connectivity index (χ0n) is 9.89. The average molecular weight is 216 g/mol. The predicted molar refractivity (Wildman–Crippen MR) is 60.8 cm³/mol. The lowest BCUT2D eigenvalue weighted by atomic mass is 10.1. The lowest BCUT2D eigenvalue weighted by Gasteiger charge is -2.36. The summed E-state index contributed by atoms with van der Waals surface area (Å²) in [6, 6.07) is 0. The van der Waals surface area contributed by atoms with Gasteiger partial charge in [0.05, 0.1) is 6.10 Å². The van der Waals surface area contributed by atoms with Gasteiger partial charge >= 0.3 is 0 Å². The van der Waals surface area contributed by atoms with Gasteiger partial charge in [-0.3, -0.25) is 4.90 Å². The molecular formula is C11H24N2O2. The van der Waals surface area contributed by atoms with Gasteiger partial charge in [-0.05, 0) is 12.8 Å². The van der Waals surface area contributed by atoms with Crippen molar-refractivity contribution in [1.29, 1.82) is 0 Å². The van der Waals surface area contributed by atoms with Gasteiger partial charge in [0, 0.05) is 45.9 Å². The van der Waals surface area contributed by atoms with Crippen molar-refractivity contribution in [3.05, 3.63) is 0 Å². The van der Waals surface area contributed by atoms with Crippen LogP contribution in [0.25, 0.3) is 0 Å². The molecule has 0 aromatic heterocycles. The summed E-state index contributed by atoms with van der Waals surface area (Å²) in [5.74, 6) is 0.369. The molecule has 1 aliphatic rings. The second-order valence-electron chi connectivity index (χ2n) is 4.74. The molecule has 4 nitrogen and oxygen atoms in total. The molecule has 1 heterocycles. The van der Waals surface area contributed by atoms with Crippen LogP contribution in [-0.2, 0) is 0 Å². The van der Waals surface area contributed by atoms with Crippen molar-refractivity contribution in [3.63, 3.8) is 0 Å². The molecule has 0 aromatic rings. The Morgan fingerprint density at radius 3 is 1.87 bits per heavy atom. The van der Waals surface area contributed by atoms with Crippen LogP contribution < -0.4 is 0 Å². The molecule has 4 heteroatoms. The standard InChI is InChI=1S/C11H24N2O2/c1-10(9-14)7-12-3-5-13(6-4-12)8-11(2)15/h10-11,14-15H,3-9H2,1-2H3. The van der Waals surface area contributed by atoms with Crippen molar-refractivity contribution in [2.45, 2.75) is 20.0 Å². The van der Waals surface area contributed by atoms with Crippen molar-refractivity contribution >= 4 is 0 Å². The van der Waals surface area contributed by atoms with Gasteiger partial charge < -0.3 is 15.1 Å². The topological polar surface area (TPSA) is 46.9 Å². The average Bonchev–Trinajstić information content (AvgIpc) is 2.20. The number of hydrogen-bond acceptors (Lipinski definition) is 4. The second kappa shape index (κ2) is 6.43. The SMILES string of the molecule is CC(O)CN1CCN(CC(C)CO)CC1. The number of nitrogens with zero attached hydrogens (tertiary/aromatic N) is 2. The highest BCUT2D eigenvalue weighted by atomic mass is 16.3. The number of rotatable bonds is 5. The summed E-state index contributed by atoms with van der Waals surface area (Å²) in [6.07, 6.45) is -0.229. The van der Waals surface area contributed by atoms with Crippen LogP contribution in [0.5, 0.6) is 0 Å². The zero-order chi connectivity index (χ0) is 11.3. The van der Waals surface area contributed by atoms with Crippen LogP contribution in [0, 0.1) is 5.92 Å². The molecule has 1 aliphatic heterocycles. The Hall–Kier alpha value is -0.160. The Labute approximate surface area is 92.5 Å². The lowest BCUT2D eigenvalue weighted by Crippen LogP contribution is -2.49. The highest BCUT2D eigenvalue weighted by Gasteiger charge is 2.18. The van der Waals surface area contributed by atoms with Crippen molar-refractivity contribution in [2.24, 2.45) is 5.92 Å². The maximum absolute atomic E-state index is 9.27. The van der Waals surface area contributed by atoms with Crippen molar-refractivity contribution in [3.8, 4) is 0 Å². The molecule has 0 saturated carbocycles. The summed E-state index contributed by atoms with van der Waals surface area (Å²) in [5.41, 5.74) is 0. The van der Waals surface area contributed by atoms with Crippen LogP contribution in [0.2, 0.25) is 0 Å². The fraction of sp³-hybridized carbons (Fsp3) is 1.00. The number of aliphatic hydroxyl groups excluding tert-OH is 2. The van der Waals surface area contributed by atoms with Gasteiger partial charge in [0.25, 0.3) is 0 Å². The molecule has 2 atom stereocenters. The molecule has 1 fully saturated rings. The molecule has 1 rings (SSSR count). The van der Waals surface area contributed by atoms with E-state index in [4.69, 9.17) is 5.11 Å². The molecule has 0 radical (unpaired) electrons. The van der Waals surface area contributed by atoms with E-state index in [1.807, 2.05) is 6.92 Å². The summed E-state index contributed by atoms with van der Waals surface area (Å²) in [7, 11) is 0. The first-order chi connectivity index (χ1) is 7.11. The summed E-state index contributed by atoms with van der Waals surface area (Å²) >= 11 is 0. The zero-order valence-corrected chi connectivity index (χ0v) is 9.89. The van der Waals surface area contributed by atoms with Crippen molar-refractivity contribution in [2.75, 3.05) is 45.9 Å². The summed E-state index contributed by atoms with van der Waals surface area (Å²) in [4.78, 5) is 4.68. The molecule has 2 unspecified atom stereocenters. The Bertz CT molecular complexity index is 168. The summed E-state index contributed by atoms with van der Waals surface area (Å²) in [6.45, 7) is 10.1. The van der Waals surface area contributed by atoms with Crippen LogP contribution in [0.1, 0.15) is 13.8 Å². The molecule has 0 aliphatic carbocycles. The quantitative estimate of drug-likeness (QED) is 0.657. The molecule has 0 spiro atoms. The van der Waals surface area contributed by atoms with Crippen LogP contribution in [0.3, 0.4) is 0 Å². The molecular weight excluding hydrogens is 192 g/mol. The minimum absolute atomic E-state index is 0.229. The van der Waals surface area contributed by atoms with Gasteiger partial charge in [-0.2, -0.15) is 0 Å². The first-order valence-corrected chi connectivity index (χ1v) is 5.85. The van der Waals surface area contributed by atoms with Gasteiger partial charge in [0.2, 0.25) is 0 Å². The lowest BCUT2D eigenvalue weighted by molar-refractivity contribution is 0.0700. The Morgan fingerprint density at radius 2 is 1.47 bits per heavy atom. The first kappa shape index (κ1) is 12.9. The van der Waals surface area contributed by atoms with Crippen molar-refractivity contribution < 1.29 is 10.2 Å². The predicted octanol–water partition coefficient (Wildman–Crippen LogP) is -0.387. The molecule has 0 aromatic carbocycles. The van der Waals surface area contributed by atoms with Crippen molar-refractivity contribution in [1.82, 2.24) is 9.80 Å². The van der Waals surface area contributed by atoms with Gasteiger partial charge in [-0.25, -0.2) is 0 Å². The minimum atomic E-state index is -0.229. The maximum Gasteiger partial charge on any atom is 0.0639 e. The van der Waals surface area contributed by atoms with E-state index in [0.717, 1.165) is 39.3 Å². The molecule has 2 N–H and O–H groups in total. The maximum atomic E-state index is 9.27. The third kappa shape index (κ3) is 4.93. The van der Waals surface area contributed by atoms with Gasteiger partial charge in [0.1, 0.15) is 0 Å². The fourth-order valence-electron chi connectivity index (χ4n) is 2.03. The fourth-order valence-corrected chi connectivity index (χ4v) is 2.03. The third-order valence-corrected chi connectivity index (χ3v) is 2.87. The van der Waals surface area contributed by atoms with Crippen LogP contribution in [0.4, 0.5) is 0 Å². The van der Waals surface area contributed by atoms with Crippen LogP contribution in [0.15, 0.2) is 0 Å². The van der Waals surface area contributed by atoms with E-state index in [1.165, 1.54) is 0 Å². The van der Waals surface area contributed by atoms with E-state index in [2.05, 4.69) is 16.7 Å². The van der Waals surface area contributed by atoms with Gasteiger partial charge in [-0.15, -0.1) is 0 Å². The van der Waals surface area contributed by atoms with E-state index in [9.17, 15) is 5.11 Å². The smallest absolute Gasteiger partial charge is 0.0639 e. The van der Waals surface area contributed by atoms with E-state index < -0.39 is 0 Å². The summed E-state index contributed by atoms with van der Waals surface area (Å²) in [5, 5.41) is 18.2. The molecule has 0 bridgehead atoms. The highest BCUT2D eigenvalue weighted by molar-refractivity contribution is 4.74. The van der Waals surface area contributed by atoms with E-state index in [-0.39, 0.29) is 12.7 Å². The monoisotopic (exact) mass is 216 g/mol. The molecule has 0 amide bonds. The Balaban J connectivity index is 2.18. The third-order valence-electron chi connectivity index (χ3n) is 2.87. The molecule has 15 heavy (non-hydrogen) atoms. The minimum Gasteiger partial charge on any atom is -0.396 e. The van der Waals surface area contributed by atoms with Crippen LogP contribution in [-0.4, -0.2) is 72.0 Å². The second-order valence-corrected chi connectivity index (χ2v) is 4.74. The molecule has 90 valence electrons. The van der Waals surface area contributed by atoms with E-state index in [0.29, 0.717) is 5.92 Å². The van der Waals surface area contributed by atoms with Crippen LogP contribution >= 0.6 is 0 Å². The van der Waals surface area contributed by atoms with E-state index in [1.54, 1.807) is 0 Å². The Kier molecular flexibility index (Phi) is 5.53.